The number of halogens is 1. The van der Waals surface area contributed by atoms with E-state index in [2.05, 4.69) is 39.8 Å². The zero-order valence-corrected chi connectivity index (χ0v) is 17.3. The van der Waals surface area contributed by atoms with Crippen molar-refractivity contribution in [1.29, 1.82) is 0 Å². The van der Waals surface area contributed by atoms with Crippen molar-refractivity contribution in [3.63, 3.8) is 0 Å². The van der Waals surface area contributed by atoms with E-state index in [9.17, 15) is 0 Å². The molecule has 3 rings (SSSR count). The number of nitrogens with zero attached hydrogens (tertiary/aromatic N) is 4. The zero-order chi connectivity index (χ0) is 16.8. The molecule has 2 unspecified atom stereocenters. The fourth-order valence-electron chi connectivity index (χ4n) is 3.25. The van der Waals surface area contributed by atoms with Crippen molar-refractivity contribution in [2.24, 2.45) is 10.9 Å². The second-order valence-electron chi connectivity index (χ2n) is 6.35. The number of piperidine rings is 1. The molecular weight excluding hydrogens is 429 g/mol. The maximum absolute atomic E-state index is 5.39. The Morgan fingerprint density at radius 2 is 2.36 bits per heavy atom. The van der Waals surface area contributed by atoms with Gasteiger partial charge in [0.05, 0.1) is 18.6 Å². The summed E-state index contributed by atoms with van der Waals surface area (Å²) in [7, 11) is 0. The smallest absolute Gasteiger partial charge is 0.193 e. The highest BCUT2D eigenvalue weighted by Crippen LogP contribution is 2.27. The summed E-state index contributed by atoms with van der Waals surface area (Å²) in [5.74, 6) is 2.63. The van der Waals surface area contributed by atoms with Crippen LogP contribution in [-0.2, 0) is 6.42 Å². The summed E-state index contributed by atoms with van der Waals surface area (Å²) < 4.78 is 7.61. The van der Waals surface area contributed by atoms with Crippen LogP contribution in [0.1, 0.15) is 32.1 Å². The molecule has 25 heavy (non-hydrogen) atoms. The van der Waals surface area contributed by atoms with Gasteiger partial charge in [0.1, 0.15) is 5.76 Å². The highest BCUT2D eigenvalue weighted by atomic mass is 127. The summed E-state index contributed by atoms with van der Waals surface area (Å²) in [4.78, 5) is 11.4. The lowest BCUT2D eigenvalue weighted by molar-refractivity contribution is 0.189. The van der Waals surface area contributed by atoms with Gasteiger partial charge >= 0.3 is 0 Å². The average molecular weight is 457 g/mol. The van der Waals surface area contributed by atoms with Gasteiger partial charge in [-0.1, -0.05) is 6.92 Å². The minimum absolute atomic E-state index is 0. The van der Waals surface area contributed by atoms with E-state index < -0.39 is 0 Å². The van der Waals surface area contributed by atoms with Crippen molar-refractivity contribution < 1.29 is 4.42 Å². The van der Waals surface area contributed by atoms with E-state index in [-0.39, 0.29) is 24.0 Å². The van der Waals surface area contributed by atoms with Crippen LogP contribution in [0.3, 0.4) is 0 Å². The first-order valence-corrected chi connectivity index (χ1v) is 8.81. The molecule has 1 saturated heterocycles. The van der Waals surface area contributed by atoms with Crippen LogP contribution < -0.4 is 5.32 Å². The molecular formula is C18H28IN5O. The Bertz CT molecular complexity index is 626. The summed E-state index contributed by atoms with van der Waals surface area (Å²) in [6.45, 7) is 8.05. The third-order valence-corrected chi connectivity index (χ3v) is 4.66. The molecule has 0 saturated carbocycles. The lowest BCUT2D eigenvalue weighted by Gasteiger charge is -2.39. The minimum Gasteiger partial charge on any atom is -0.469 e. The van der Waals surface area contributed by atoms with E-state index in [0.717, 1.165) is 50.7 Å². The summed E-state index contributed by atoms with van der Waals surface area (Å²) in [5, 5.41) is 3.43. The van der Waals surface area contributed by atoms with Crippen LogP contribution in [0.4, 0.5) is 0 Å². The zero-order valence-electron chi connectivity index (χ0n) is 15.0. The van der Waals surface area contributed by atoms with Crippen LogP contribution in [0, 0.1) is 5.92 Å². The van der Waals surface area contributed by atoms with Crippen molar-refractivity contribution in [3.05, 3.63) is 42.9 Å². The summed E-state index contributed by atoms with van der Waals surface area (Å²) in [5.41, 5.74) is 0. The molecule has 0 aromatic carbocycles. The minimum atomic E-state index is 0. The van der Waals surface area contributed by atoms with Crippen molar-refractivity contribution in [2.45, 2.75) is 32.7 Å². The number of aliphatic imine (C=N–C) groups is 1. The molecule has 1 fully saturated rings. The second kappa shape index (κ2) is 9.84. The van der Waals surface area contributed by atoms with Crippen molar-refractivity contribution in [3.8, 4) is 0 Å². The normalized spacial score (nSPS) is 21.0. The van der Waals surface area contributed by atoms with Gasteiger partial charge in [-0.05, 0) is 31.4 Å². The molecule has 0 bridgehead atoms. The van der Waals surface area contributed by atoms with E-state index >= 15 is 0 Å². The van der Waals surface area contributed by atoms with Crippen molar-refractivity contribution in [2.75, 3.05) is 26.2 Å². The fraction of sp³-hybridized carbons (Fsp3) is 0.556. The number of nitrogens with one attached hydrogen (secondary N) is 1. The van der Waals surface area contributed by atoms with Gasteiger partial charge in [0.25, 0.3) is 0 Å². The van der Waals surface area contributed by atoms with Gasteiger partial charge in [-0.3, -0.25) is 4.99 Å². The van der Waals surface area contributed by atoms with Gasteiger partial charge in [-0.2, -0.15) is 0 Å². The predicted molar refractivity (Wildman–Crippen MR) is 110 cm³/mol. The molecule has 0 amide bonds. The lowest BCUT2D eigenvalue weighted by atomic mass is 9.93. The Hall–Kier alpha value is -1.51. The van der Waals surface area contributed by atoms with E-state index in [1.54, 1.807) is 6.26 Å². The number of hydrogen-bond donors (Lipinski definition) is 1. The van der Waals surface area contributed by atoms with Crippen LogP contribution in [0.2, 0.25) is 0 Å². The number of imidazole rings is 1. The Balaban J connectivity index is 0.00000225. The summed E-state index contributed by atoms with van der Waals surface area (Å²) in [6.07, 6.45) is 9.54. The molecule has 2 aromatic heterocycles. The quantitative estimate of drug-likeness (QED) is 0.426. The fourth-order valence-corrected chi connectivity index (χ4v) is 3.25. The van der Waals surface area contributed by atoms with E-state index in [1.165, 1.54) is 0 Å². The van der Waals surface area contributed by atoms with Crippen molar-refractivity contribution >= 4 is 29.9 Å². The summed E-state index contributed by atoms with van der Waals surface area (Å²) in [6, 6.07) is 4.36. The van der Waals surface area contributed by atoms with Crippen LogP contribution >= 0.6 is 24.0 Å². The highest BCUT2D eigenvalue weighted by molar-refractivity contribution is 14.0. The number of hydrogen-bond acceptors (Lipinski definition) is 3. The second-order valence-corrected chi connectivity index (χ2v) is 6.35. The highest BCUT2D eigenvalue weighted by Gasteiger charge is 2.28. The molecule has 2 atom stereocenters. The molecule has 1 aliphatic heterocycles. The molecule has 2 aromatic rings. The van der Waals surface area contributed by atoms with Gasteiger partial charge < -0.3 is 19.2 Å². The maximum Gasteiger partial charge on any atom is 0.193 e. The Kier molecular flexibility index (Phi) is 7.80. The standard InChI is InChI=1S/C18H27N5O.HI/c1-3-20-18(21-8-6-16-5-4-12-24-16)22-10-7-15(2)17(13-22)23-11-9-19-14-23;/h4-5,9,11-12,14-15,17H,3,6-8,10,13H2,1-2H3,(H,20,21);1H. The molecule has 7 heteroatoms. The van der Waals surface area contributed by atoms with E-state index in [4.69, 9.17) is 9.41 Å². The number of aromatic nitrogens is 2. The van der Waals surface area contributed by atoms with Crippen molar-refractivity contribution in [1.82, 2.24) is 19.8 Å². The summed E-state index contributed by atoms with van der Waals surface area (Å²) >= 11 is 0. The molecule has 1 N–H and O–H groups in total. The van der Waals surface area contributed by atoms with Crippen LogP contribution in [0.25, 0.3) is 0 Å². The molecule has 3 heterocycles. The van der Waals surface area contributed by atoms with Gasteiger partial charge in [-0.15, -0.1) is 24.0 Å². The molecule has 0 aliphatic carbocycles. The first-order valence-electron chi connectivity index (χ1n) is 8.81. The number of likely N-dealkylation sites (tertiary alicyclic amines) is 1. The number of guanidine groups is 1. The van der Waals surface area contributed by atoms with Gasteiger partial charge in [-0.25, -0.2) is 4.98 Å². The largest absolute Gasteiger partial charge is 0.469 e. The van der Waals surface area contributed by atoms with Crippen LogP contribution in [0.5, 0.6) is 0 Å². The molecule has 6 nitrogen and oxygen atoms in total. The molecule has 0 radical (unpaired) electrons. The van der Waals surface area contributed by atoms with Gasteiger partial charge in [0.15, 0.2) is 5.96 Å². The SMILES string of the molecule is CCNC(=NCCc1ccco1)N1CCC(C)C(n2ccnc2)C1.I. The maximum atomic E-state index is 5.39. The van der Waals surface area contributed by atoms with Crippen LogP contribution in [0.15, 0.2) is 46.5 Å². The third-order valence-electron chi connectivity index (χ3n) is 4.66. The Morgan fingerprint density at radius 3 is 3.04 bits per heavy atom. The third kappa shape index (κ3) is 5.23. The molecule has 1 aliphatic rings. The topological polar surface area (TPSA) is 58.6 Å². The number of rotatable bonds is 5. The first kappa shape index (κ1) is 19.8. The van der Waals surface area contributed by atoms with E-state index in [0.29, 0.717) is 12.0 Å². The first-order chi connectivity index (χ1) is 11.8. The number of furan rings is 1. The lowest BCUT2D eigenvalue weighted by Crippen LogP contribution is -2.49. The molecule has 138 valence electrons. The molecule has 0 spiro atoms. The van der Waals surface area contributed by atoms with E-state index in [1.807, 2.05) is 24.7 Å². The Morgan fingerprint density at radius 1 is 1.48 bits per heavy atom. The van der Waals surface area contributed by atoms with Crippen LogP contribution in [-0.4, -0.2) is 46.6 Å². The average Bonchev–Trinajstić information content (AvgIpc) is 3.28. The monoisotopic (exact) mass is 457 g/mol. The van der Waals surface area contributed by atoms with Gasteiger partial charge in [0.2, 0.25) is 0 Å². The predicted octanol–water partition coefficient (Wildman–Crippen LogP) is 3.19. The van der Waals surface area contributed by atoms with Gasteiger partial charge in [0, 0.05) is 45.0 Å². The Labute approximate surface area is 166 Å².